The molecule has 0 aromatic heterocycles. The van der Waals surface area contributed by atoms with Crippen LogP contribution in [0.2, 0.25) is 0 Å². The van der Waals surface area contributed by atoms with Gasteiger partial charge in [0.25, 0.3) is 0 Å². The van der Waals surface area contributed by atoms with Crippen LogP contribution in [0.1, 0.15) is 53.3 Å². The van der Waals surface area contributed by atoms with E-state index in [1.165, 1.54) is 9.80 Å². The van der Waals surface area contributed by atoms with E-state index in [1.807, 2.05) is 0 Å². The molecule has 0 aliphatic carbocycles. The summed E-state index contributed by atoms with van der Waals surface area (Å²) in [5.74, 6) is 0. The van der Waals surface area contributed by atoms with E-state index in [9.17, 15) is 9.59 Å². The average Bonchev–Trinajstić information content (AvgIpc) is 2.58. The summed E-state index contributed by atoms with van der Waals surface area (Å²) < 4.78 is 26.3. The van der Waals surface area contributed by atoms with Crippen LogP contribution in [0.4, 0.5) is 14.0 Å². The second-order valence-corrected chi connectivity index (χ2v) is 8.98. The molecule has 6 nitrogen and oxygen atoms in total. The Morgan fingerprint density at radius 3 is 2.04 bits per heavy atom. The lowest BCUT2D eigenvalue weighted by atomic mass is 10.0. The largest absolute Gasteiger partial charge is 0.444 e. The number of hydrogen-bond acceptors (Lipinski definition) is 4. The zero-order chi connectivity index (χ0) is 21.1. The highest BCUT2D eigenvalue weighted by Gasteiger charge is 2.41. The molecule has 1 heterocycles. The van der Waals surface area contributed by atoms with E-state index in [1.54, 1.807) is 71.9 Å². The standard InChI is InChI=1S/C21H31FN2O4/c1-20(2,3)27-18(25)23-12-13-24(19(26)28-21(4,5)6)16(14-23)17(22)15-10-8-7-9-11-15/h7-11,16-17H,12-14H2,1-6H3. The third kappa shape index (κ3) is 6.11. The van der Waals surface area contributed by atoms with Crippen LogP contribution in [0.25, 0.3) is 0 Å². The van der Waals surface area contributed by atoms with Crippen LogP contribution in [0.15, 0.2) is 30.3 Å². The van der Waals surface area contributed by atoms with Crippen molar-refractivity contribution in [3.8, 4) is 0 Å². The van der Waals surface area contributed by atoms with Crippen molar-refractivity contribution >= 4 is 12.2 Å². The van der Waals surface area contributed by atoms with Gasteiger partial charge >= 0.3 is 12.2 Å². The van der Waals surface area contributed by atoms with Crippen molar-refractivity contribution in [1.29, 1.82) is 0 Å². The van der Waals surface area contributed by atoms with Crippen molar-refractivity contribution in [3.63, 3.8) is 0 Å². The monoisotopic (exact) mass is 394 g/mol. The van der Waals surface area contributed by atoms with Crippen molar-refractivity contribution in [1.82, 2.24) is 9.80 Å². The predicted molar refractivity (Wildman–Crippen MR) is 105 cm³/mol. The number of piperazine rings is 1. The minimum absolute atomic E-state index is 0.0320. The zero-order valence-electron chi connectivity index (χ0n) is 17.6. The van der Waals surface area contributed by atoms with Crippen molar-refractivity contribution < 1.29 is 23.5 Å². The van der Waals surface area contributed by atoms with Gasteiger partial charge in [-0.05, 0) is 47.1 Å². The normalized spacial score (nSPS) is 19.2. The smallest absolute Gasteiger partial charge is 0.410 e. The number of nitrogens with zero attached hydrogens (tertiary/aromatic N) is 2. The topological polar surface area (TPSA) is 59.1 Å². The van der Waals surface area contributed by atoms with E-state index in [0.29, 0.717) is 5.56 Å². The third-order valence-electron chi connectivity index (χ3n) is 4.15. The van der Waals surface area contributed by atoms with Crippen LogP contribution in [-0.2, 0) is 9.47 Å². The van der Waals surface area contributed by atoms with Gasteiger partial charge in [-0.1, -0.05) is 30.3 Å². The lowest BCUT2D eigenvalue weighted by Crippen LogP contribution is -2.59. The minimum atomic E-state index is -1.46. The SMILES string of the molecule is CC(C)(C)OC(=O)N1CCN(C(=O)OC(C)(C)C)C(C(F)c2ccccc2)C1. The molecule has 0 radical (unpaired) electrons. The van der Waals surface area contributed by atoms with Gasteiger partial charge in [0.1, 0.15) is 17.4 Å². The molecule has 2 atom stereocenters. The molecule has 1 fully saturated rings. The quantitative estimate of drug-likeness (QED) is 0.738. The molecule has 0 bridgehead atoms. The second-order valence-electron chi connectivity index (χ2n) is 8.98. The molecule has 0 saturated carbocycles. The first-order chi connectivity index (χ1) is 12.9. The van der Waals surface area contributed by atoms with E-state index in [-0.39, 0.29) is 19.6 Å². The Morgan fingerprint density at radius 1 is 0.964 bits per heavy atom. The van der Waals surface area contributed by atoms with E-state index in [4.69, 9.17) is 9.47 Å². The fourth-order valence-corrected chi connectivity index (χ4v) is 2.96. The molecule has 156 valence electrons. The Bertz CT molecular complexity index is 682. The van der Waals surface area contributed by atoms with Crippen molar-refractivity contribution in [2.24, 2.45) is 0 Å². The lowest BCUT2D eigenvalue weighted by Gasteiger charge is -2.43. The van der Waals surface area contributed by atoms with Gasteiger partial charge in [-0.3, -0.25) is 4.90 Å². The van der Waals surface area contributed by atoms with Crippen molar-refractivity contribution in [2.45, 2.75) is 65.0 Å². The molecule has 2 amide bonds. The van der Waals surface area contributed by atoms with Gasteiger partial charge in [0.05, 0.1) is 6.04 Å². The van der Waals surface area contributed by atoms with Crippen LogP contribution in [-0.4, -0.2) is 58.9 Å². The summed E-state index contributed by atoms with van der Waals surface area (Å²) in [4.78, 5) is 28.0. The van der Waals surface area contributed by atoms with Gasteiger partial charge in [0, 0.05) is 19.6 Å². The lowest BCUT2D eigenvalue weighted by molar-refractivity contribution is -0.0277. The number of hydrogen-bond donors (Lipinski definition) is 0. The third-order valence-corrected chi connectivity index (χ3v) is 4.15. The summed E-state index contributed by atoms with van der Waals surface area (Å²) in [7, 11) is 0. The number of benzene rings is 1. The molecular weight excluding hydrogens is 363 g/mol. The molecule has 0 N–H and O–H groups in total. The van der Waals surface area contributed by atoms with Crippen LogP contribution in [0.3, 0.4) is 0 Å². The second kappa shape index (κ2) is 8.37. The van der Waals surface area contributed by atoms with Gasteiger partial charge < -0.3 is 14.4 Å². The molecule has 7 heteroatoms. The van der Waals surface area contributed by atoms with Crippen LogP contribution in [0, 0.1) is 0 Å². The van der Waals surface area contributed by atoms with Crippen molar-refractivity contribution in [2.75, 3.05) is 19.6 Å². The maximum Gasteiger partial charge on any atom is 0.410 e. The molecular formula is C21H31FN2O4. The average molecular weight is 394 g/mol. The number of halogens is 1. The van der Waals surface area contributed by atoms with Crippen LogP contribution < -0.4 is 0 Å². The molecule has 1 aliphatic heterocycles. The van der Waals surface area contributed by atoms with Crippen LogP contribution in [0.5, 0.6) is 0 Å². The van der Waals surface area contributed by atoms with E-state index in [0.717, 1.165) is 0 Å². The van der Waals surface area contributed by atoms with Crippen LogP contribution >= 0.6 is 0 Å². The Morgan fingerprint density at radius 2 is 1.50 bits per heavy atom. The van der Waals surface area contributed by atoms with Gasteiger partial charge in [0.15, 0.2) is 0 Å². The number of rotatable bonds is 2. The number of ether oxygens (including phenoxy) is 2. The highest BCUT2D eigenvalue weighted by Crippen LogP contribution is 2.29. The van der Waals surface area contributed by atoms with Gasteiger partial charge in [-0.15, -0.1) is 0 Å². The van der Waals surface area contributed by atoms with E-state index < -0.39 is 35.6 Å². The fraction of sp³-hybridized carbons (Fsp3) is 0.619. The van der Waals surface area contributed by atoms with Crippen molar-refractivity contribution in [3.05, 3.63) is 35.9 Å². The minimum Gasteiger partial charge on any atom is -0.444 e. The highest BCUT2D eigenvalue weighted by atomic mass is 19.1. The Kier molecular flexibility index (Phi) is 6.57. The van der Waals surface area contributed by atoms with E-state index >= 15 is 4.39 Å². The maximum absolute atomic E-state index is 15.4. The van der Waals surface area contributed by atoms with Gasteiger partial charge in [-0.25, -0.2) is 14.0 Å². The summed E-state index contributed by atoms with van der Waals surface area (Å²) in [6, 6.07) is 7.77. The maximum atomic E-state index is 15.4. The molecule has 1 saturated heterocycles. The molecule has 2 unspecified atom stereocenters. The van der Waals surface area contributed by atoms with E-state index in [2.05, 4.69) is 0 Å². The number of carbonyl (C=O) groups excluding carboxylic acids is 2. The molecule has 1 aromatic carbocycles. The summed E-state index contributed by atoms with van der Waals surface area (Å²) in [5.41, 5.74) is -0.890. The van der Waals surface area contributed by atoms with Gasteiger partial charge in [-0.2, -0.15) is 0 Å². The number of carbonyl (C=O) groups is 2. The fourth-order valence-electron chi connectivity index (χ4n) is 2.96. The Balaban J connectivity index is 2.24. The predicted octanol–water partition coefficient (Wildman–Crippen LogP) is 4.55. The first kappa shape index (κ1) is 22.0. The summed E-state index contributed by atoms with van der Waals surface area (Å²) >= 11 is 0. The molecule has 1 aromatic rings. The Hall–Kier alpha value is -2.31. The number of amides is 2. The molecule has 2 rings (SSSR count). The summed E-state index contributed by atoms with van der Waals surface area (Å²) in [5, 5.41) is 0. The van der Waals surface area contributed by atoms with Gasteiger partial charge in [0.2, 0.25) is 0 Å². The molecule has 0 spiro atoms. The summed E-state index contributed by atoms with van der Waals surface area (Å²) in [6.45, 7) is 11.1. The summed E-state index contributed by atoms with van der Waals surface area (Å²) in [6.07, 6.45) is -2.56. The highest BCUT2D eigenvalue weighted by molar-refractivity contribution is 5.71. The number of alkyl halides is 1. The zero-order valence-corrected chi connectivity index (χ0v) is 17.6. The first-order valence-corrected chi connectivity index (χ1v) is 9.54. The first-order valence-electron chi connectivity index (χ1n) is 9.54. The Labute approximate surface area is 166 Å². The molecule has 28 heavy (non-hydrogen) atoms. The molecule has 1 aliphatic rings.